The SMILES string of the molecule is COc1cc(C(=O)N2CCSC3(CCOCC3)C2)ccc1OCC(N)=O. The van der Waals surface area contributed by atoms with Crippen LogP contribution in [0, 0.1) is 0 Å². The first-order chi connectivity index (χ1) is 12.5. The molecule has 2 aliphatic heterocycles. The Morgan fingerprint density at radius 2 is 2.08 bits per heavy atom. The molecule has 0 aliphatic carbocycles. The van der Waals surface area contributed by atoms with Crippen LogP contribution in [0.25, 0.3) is 0 Å². The fourth-order valence-electron chi connectivity index (χ4n) is 3.32. The molecule has 2 saturated heterocycles. The quantitative estimate of drug-likeness (QED) is 0.828. The summed E-state index contributed by atoms with van der Waals surface area (Å²) >= 11 is 1.96. The smallest absolute Gasteiger partial charge is 0.255 e. The molecular weight excluding hydrogens is 356 g/mol. The molecule has 1 aromatic carbocycles. The number of thioether (sulfide) groups is 1. The number of benzene rings is 1. The van der Waals surface area contributed by atoms with Crippen molar-refractivity contribution < 1.29 is 23.8 Å². The maximum atomic E-state index is 13.0. The van der Waals surface area contributed by atoms with Crippen LogP contribution in [-0.2, 0) is 9.53 Å². The van der Waals surface area contributed by atoms with Crippen molar-refractivity contribution in [3.05, 3.63) is 23.8 Å². The fourth-order valence-corrected chi connectivity index (χ4v) is 4.76. The number of hydrogen-bond acceptors (Lipinski definition) is 6. The van der Waals surface area contributed by atoms with Crippen molar-refractivity contribution >= 4 is 23.6 Å². The lowest BCUT2D eigenvalue weighted by molar-refractivity contribution is -0.119. The van der Waals surface area contributed by atoms with Crippen molar-refractivity contribution in [2.45, 2.75) is 17.6 Å². The van der Waals surface area contributed by atoms with E-state index in [9.17, 15) is 9.59 Å². The first kappa shape index (κ1) is 18.8. The summed E-state index contributed by atoms with van der Waals surface area (Å²) in [5.74, 6) is 1.14. The summed E-state index contributed by atoms with van der Waals surface area (Å²) in [7, 11) is 1.50. The van der Waals surface area contributed by atoms with Crippen LogP contribution in [0.5, 0.6) is 11.5 Å². The van der Waals surface area contributed by atoms with Gasteiger partial charge >= 0.3 is 0 Å². The van der Waals surface area contributed by atoms with Gasteiger partial charge in [0.1, 0.15) is 0 Å². The molecule has 2 heterocycles. The molecule has 0 bridgehead atoms. The number of nitrogens with two attached hydrogens (primary N) is 1. The number of ether oxygens (including phenoxy) is 3. The number of methoxy groups -OCH3 is 1. The Morgan fingerprint density at radius 3 is 2.77 bits per heavy atom. The van der Waals surface area contributed by atoms with Crippen LogP contribution in [0.4, 0.5) is 0 Å². The Balaban J connectivity index is 1.73. The molecule has 0 unspecified atom stereocenters. The Morgan fingerprint density at radius 1 is 1.31 bits per heavy atom. The van der Waals surface area contributed by atoms with Crippen molar-refractivity contribution in [3.8, 4) is 11.5 Å². The molecule has 1 spiro atoms. The number of hydrogen-bond donors (Lipinski definition) is 1. The molecule has 7 nitrogen and oxygen atoms in total. The van der Waals surface area contributed by atoms with Gasteiger partial charge < -0.3 is 24.8 Å². The van der Waals surface area contributed by atoms with Crippen molar-refractivity contribution in [1.29, 1.82) is 0 Å². The van der Waals surface area contributed by atoms with Gasteiger partial charge in [-0.25, -0.2) is 0 Å². The lowest BCUT2D eigenvalue weighted by atomic mass is 9.97. The van der Waals surface area contributed by atoms with Crippen LogP contribution in [0.15, 0.2) is 18.2 Å². The zero-order valence-electron chi connectivity index (χ0n) is 14.9. The molecule has 26 heavy (non-hydrogen) atoms. The Hall–Kier alpha value is -1.93. The fraction of sp³-hybridized carbons (Fsp3) is 0.556. The number of amides is 2. The van der Waals surface area contributed by atoms with Gasteiger partial charge in [-0.15, -0.1) is 0 Å². The van der Waals surface area contributed by atoms with Gasteiger partial charge in [0.2, 0.25) is 0 Å². The minimum Gasteiger partial charge on any atom is -0.493 e. The van der Waals surface area contributed by atoms with Crippen LogP contribution in [0.2, 0.25) is 0 Å². The van der Waals surface area contributed by atoms with Gasteiger partial charge in [0.15, 0.2) is 18.1 Å². The average Bonchev–Trinajstić information content (AvgIpc) is 2.66. The maximum Gasteiger partial charge on any atom is 0.255 e. The third-order valence-electron chi connectivity index (χ3n) is 4.72. The molecular formula is C18H24N2O5S. The van der Waals surface area contributed by atoms with Crippen LogP contribution in [-0.4, -0.2) is 67.2 Å². The molecule has 1 aromatic rings. The summed E-state index contributed by atoms with van der Waals surface area (Å²) < 4.78 is 16.2. The first-order valence-electron chi connectivity index (χ1n) is 8.63. The average molecular weight is 380 g/mol. The predicted molar refractivity (Wildman–Crippen MR) is 98.8 cm³/mol. The first-order valence-corrected chi connectivity index (χ1v) is 9.62. The second-order valence-corrected chi connectivity index (χ2v) is 8.05. The van der Waals surface area contributed by atoms with Gasteiger partial charge in [-0.1, -0.05) is 0 Å². The van der Waals surface area contributed by atoms with E-state index in [0.717, 1.165) is 44.9 Å². The highest BCUT2D eigenvalue weighted by Gasteiger charge is 2.39. The Bertz CT molecular complexity index is 670. The highest BCUT2D eigenvalue weighted by molar-refractivity contribution is 8.00. The third-order valence-corrected chi connectivity index (χ3v) is 6.26. The standard InChI is InChI=1S/C18H24N2O5S/c1-23-15-10-13(2-3-14(15)25-11-16(19)21)17(22)20-6-9-26-18(12-20)4-7-24-8-5-18/h2-3,10H,4-9,11-12H2,1H3,(H2,19,21). The van der Waals surface area contributed by atoms with Crippen LogP contribution in [0.1, 0.15) is 23.2 Å². The molecule has 0 radical (unpaired) electrons. The predicted octanol–water partition coefficient (Wildman–Crippen LogP) is 1.30. The number of carbonyl (C=O) groups is 2. The Kier molecular flexibility index (Phi) is 5.93. The third kappa shape index (κ3) is 4.24. The minimum atomic E-state index is -0.570. The van der Waals surface area contributed by atoms with E-state index >= 15 is 0 Å². The van der Waals surface area contributed by atoms with Crippen LogP contribution < -0.4 is 15.2 Å². The summed E-state index contributed by atoms with van der Waals surface area (Å²) in [6.45, 7) is 2.75. The van der Waals surface area contributed by atoms with Crippen LogP contribution >= 0.6 is 11.8 Å². The van der Waals surface area contributed by atoms with Gasteiger partial charge in [-0.2, -0.15) is 11.8 Å². The highest BCUT2D eigenvalue weighted by Crippen LogP contribution is 2.39. The van der Waals surface area contributed by atoms with Gasteiger partial charge in [-0.3, -0.25) is 9.59 Å². The lowest BCUT2D eigenvalue weighted by Gasteiger charge is -2.44. The summed E-state index contributed by atoms with van der Waals surface area (Å²) in [5.41, 5.74) is 5.64. The summed E-state index contributed by atoms with van der Waals surface area (Å²) in [6, 6.07) is 4.98. The van der Waals surface area contributed by atoms with E-state index in [2.05, 4.69) is 0 Å². The molecule has 2 N–H and O–H groups in total. The maximum absolute atomic E-state index is 13.0. The zero-order chi connectivity index (χ0) is 18.6. The van der Waals surface area contributed by atoms with E-state index < -0.39 is 5.91 Å². The van der Waals surface area contributed by atoms with Crippen LogP contribution in [0.3, 0.4) is 0 Å². The van der Waals surface area contributed by atoms with Crippen molar-refractivity contribution in [2.75, 3.05) is 45.8 Å². The van der Waals surface area contributed by atoms with E-state index in [1.54, 1.807) is 18.2 Å². The topological polar surface area (TPSA) is 91.1 Å². The van der Waals surface area contributed by atoms with E-state index in [1.807, 2.05) is 16.7 Å². The summed E-state index contributed by atoms with van der Waals surface area (Å²) in [5, 5.41) is 0. The monoisotopic (exact) mass is 380 g/mol. The van der Waals surface area contributed by atoms with Gasteiger partial charge in [0.05, 0.1) is 7.11 Å². The Labute approximate surface area is 157 Å². The van der Waals surface area contributed by atoms with Crippen molar-refractivity contribution in [3.63, 3.8) is 0 Å². The second kappa shape index (κ2) is 8.18. The molecule has 2 aliphatic rings. The molecule has 0 atom stereocenters. The molecule has 3 rings (SSSR count). The van der Waals surface area contributed by atoms with Gasteiger partial charge in [0, 0.05) is 42.4 Å². The van der Waals surface area contributed by atoms with Gasteiger partial charge in [0.25, 0.3) is 11.8 Å². The highest BCUT2D eigenvalue weighted by atomic mass is 32.2. The molecule has 2 amide bonds. The molecule has 0 aromatic heterocycles. The molecule has 2 fully saturated rings. The van der Waals surface area contributed by atoms with Crippen molar-refractivity contribution in [2.24, 2.45) is 5.73 Å². The van der Waals surface area contributed by atoms with Crippen molar-refractivity contribution in [1.82, 2.24) is 4.90 Å². The number of carbonyl (C=O) groups excluding carboxylic acids is 2. The number of primary amides is 1. The summed E-state index contributed by atoms with van der Waals surface area (Å²) in [6.07, 6.45) is 1.95. The largest absolute Gasteiger partial charge is 0.493 e. The zero-order valence-corrected chi connectivity index (χ0v) is 15.7. The lowest BCUT2D eigenvalue weighted by Crippen LogP contribution is -2.51. The van der Waals surface area contributed by atoms with Gasteiger partial charge in [-0.05, 0) is 31.0 Å². The minimum absolute atomic E-state index is 0.0177. The number of rotatable bonds is 5. The molecule has 142 valence electrons. The number of nitrogens with zero attached hydrogens (tertiary/aromatic N) is 1. The molecule has 8 heteroatoms. The van der Waals surface area contributed by atoms with E-state index in [4.69, 9.17) is 19.9 Å². The summed E-state index contributed by atoms with van der Waals surface area (Å²) in [4.78, 5) is 25.8. The molecule has 0 saturated carbocycles. The van der Waals surface area contributed by atoms with E-state index in [-0.39, 0.29) is 17.3 Å². The normalized spacial score (nSPS) is 19.2. The second-order valence-electron chi connectivity index (χ2n) is 6.49. The van der Waals surface area contributed by atoms with E-state index in [0.29, 0.717) is 17.1 Å². The van der Waals surface area contributed by atoms with E-state index in [1.165, 1.54) is 7.11 Å².